The number of nitrogens with two attached hydrogens (primary N) is 1. The number of benzene rings is 1. The molecule has 1 fully saturated rings. The molecule has 1 aliphatic rings. The molecule has 3 N–H and O–H groups in total. The summed E-state index contributed by atoms with van der Waals surface area (Å²) in [7, 11) is 0. The Hall–Kier alpha value is -1.61. The molecule has 0 saturated heterocycles. The molecule has 0 bridgehead atoms. The summed E-state index contributed by atoms with van der Waals surface area (Å²) in [5.41, 5.74) is 8.15. The molecule has 100 valence electrons. The highest BCUT2D eigenvalue weighted by molar-refractivity contribution is 5.81. The molecule has 1 unspecified atom stereocenters. The number of para-hydroxylation sites is 1. The molecule has 1 saturated carbocycles. The second-order valence-electron chi connectivity index (χ2n) is 5.87. The third-order valence-corrected chi connectivity index (χ3v) is 4.22. The van der Waals surface area contributed by atoms with Gasteiger partial charge < -0.3 is 11.1 Å². The van der Waals surface area contributed by atoms with Crippen LogP contribution < -0.4 is 11.1 Å². The highest BCUT2D eigenvalue weighted by Gasteiger charge is 2.40. The van der Waals surface area contributed by atoms with Crippen molar-refractivity contribution in [1.29, 1.82) is 0 Å². The van der Waals surface area contributed by atoms with Crippen molar-refractivity contribution in [2.24, 2.45) is 11.7 Å². The van der Waals surface area contributed by atoms with Gasteiger partial charge in [0.1, 0.15) is 5.82 Å². The van der Waals surface area contributed by atoms with Gasteiger partial charge in [0.2, 0.25) is 0 Å². The normalized spacial score (nSPS) is 18.3. The Bertz CT molecular complexity index is 604. The van der Waals surface area contributed by atoms with Gasteiger partial charge in [0.15, 0.2) is 0 Å². The van der Waals surface area contributed by atoms with Crippen LogP contribution in [-0.2, 0) is 0 Å². The Morgan fingerprint density at radius 1 is 1.37 bits per heavy atom. The van der Waals surface area contributed by atoms with Crippen LogP contribution in [0.3, 0.4) is 0 Å². The lowest BCUT2D eigenvalue weighted by atomic mass is 9.95. The molecule has 1 aromatic heterocycles. The predicted molar refractivity (Wildman–Crippen MR) is 80.3 cm³/mol. The molecule has 1 atom stereocenters. The molecule has 0 radical (unpaired) electrons. The Morgan fingerprint density at radius 3 is 2.79 bits per heavy atom. The van der Waals surface area contributed by atoms with Crippen LogP contribution in [0.5, 0.6) is 0 Å². The second-order valence-corrected chi connectivity index (χ2v) is 5.87. The number of hydrogen-bond donors (Lipinski definition) is 2. The lowest BCUT2D eigenvalue weighted by molar-refractivity contribution is 0.457. The quantitative estimate of drug-likeness (QED) is 0.882. The van der Waals surface area contributed by atoms with E-state index in [1.54, 1.807) is 0 Å². The molecule has 0 spiro atoms. The van der Waals surface area contributed by atoms with E-state index in [-0.39, 0.29) is 5.54 Å². The van der Waals surface area contributed by atoms with Gasteiger partial charge in [0.05, 0.1) is 11.1 Å². The fraction of sp³-hybridized carbons (Fsp3) is 0.438. The van der Waals surface area contributed by atoms with Gasteiger partial charge in [-0.15, -0.1) is 0 Å². The molecule has 3 heteroatoms. The van der Waals surface area contributed by atoms with Gasteiger partial charge in [-0.1, -0.05) is 18.2 Å². The van der Waals surface area contributed by atoms with Crippen molar-refractivity contribution >= 4 is 16.7 Å². The minimum Gasteiger partial charge on any atom is -0.363 e. The summed E-state index contributed by atoms with van der Waals surface area (Å²) < 4.78 is 0. The van der Waals surface area contributed by atoms with Gasteiger partial charge in [-0.2, -0.15) is 0 Å². The Balaban J connectivity index is 1.98. The Kier molecular flexibility index (Phi) is 2.94. The van der Waals surface area contributed by atoms with Crippen molar-refractivity contribution in [3.63, 3.8) is 0 Å². The molecule has 2 aromatic rings. The Morgan fingerprint density at radius 2 is 2.11 bits per heavy atom. The number of fused-ring (bicyclic) bond motifs is 1. The maximum Gasteiger partial charge on any atom is 0.130 e. The first-order chi connectivity index (χ1) is 9.12. The van der Waals surface area contributed by atoms with E-state index in [9.17, 15) is 0 Å². The fourth-order valence-electron chi connectivity index (χ4n) is 2.66. The smallest absolute Gasteiger partial charge is 0.130 e. The molecule has 3 rings (SSSR count). The largest absolute Gasteiger partial charge is 0.363 e. The van der Waals surface area contributed by atoms with Gasteiger partial charge >= 0.3 is 0 Å². The van der Waals surface area contributed by atoms with Gasteiger partial charge in [-0.25, -0.2) is 4.98 Å². The van der Waals surface area contributed by atoms with E-state index >= 15 is 0 Å². The van der Waals surface area contributed by atoms with E-state index < -0.39 is 0 Å². The van der Waals surface area contributed by atoms with Crippen LogP contribution in [0.4, 0.5) is 5.82 Å². The van der Waals surface area contributed by atoms with E-state index in [0.29, 0.717) is 12.5 Å². The molecule has 19 heavy (non-hydrogen) atoms. The number of nitrogens with one attached hydrogen (secondary N) is 1. The minimum atomic E-state index is -0.0276. The van der Waals surface area contributed by atoms with Crippen molar-refractivity contribution in [2.45, 2.75) is 32.2 Å². The van der Waals surface area contributed by atoms with Gasteiger partial charge in [-0.05, 0) is 50.3 Å². The predicted octanol–water partition coefficient (Wildman–Crippen LogP) is 3.08. The van der Waals surface area contributed by atoms with Crippen molar-refractivity contribution in [3.8, 4) is 0 Å². The molecule has 1 aromatic carbocycles. The maximum absolute atomic E-state index is 5.97. The monoisotopic (exact) mass is 255 g/mol. The number of pyridine rings is 1. The number of aryl methyl sites for hydroxylation is 1. The van der Waals surface area contributed by atoms with Crippen LogP contribution in [0.2, 0.25) is 0 Å². The summed E-state index contributed by atoms with van der Waals surface area (Å²) in [6.07, 6.45) is 2.54. The molecule has 1 aliphatic carbocycles. The van der Waals surface area contributed by atoms with Crippen molar-refractivity contribution in [2.75, 3.05) is 11.9 Å². The van der Waals surface area contributed by atoms with Crippen LogP contribution >= 0.6 is 0 Å². The molecule has 1 heterocycles. The Labute approximate surface area is 114 Å². The third-order valence-electron chi connectivity index (χ3n) is 4.22. The van der Waals surface area contributed by atoms with Crippen LogP contribution in [0.15, 0.2) is 30.3 Å². The zero-order valence-corrected chi connectivity index (χ0v) is 11.6. The highest BCUT2D eigenvalue weighted by Crippen LogP contribution is 2.41. The number of nitrogens with zero attached hydrogens (tertiary/aromatic N) is 1. The lowest BCUT2D eigenvalue weighted by Gasteiger charge is -2.31. The number of aromatic nitrogens is 1. The molecular weight excluding hydrogens is 234 g/mol. The number of rotatable bonds is 4. The van der Waals surface area contributed by atoms with Crippen LogP contribution in [-0.4, -0.2) is 17.1 Å². The fourth-order valence-corrected chi connectivity index (χ4v) is 2.66. The average molecular weight is 255 g/mol. The zero-order valence-electron chi connectivity index (χ0n) is 11.6. The lowest BCUT2D eigenvalue weighted by Crippen LogP contribution is -2.45. The summed E-state index contributed by atoms with van der Waals surface area (Å²) in [6.45, 7) is 4.96. The molecule has 0 amide bonds. The van der Waals surface area contributed by atoms with E-state index in [0.717, 1.165) is 11.3 Å². The standard InChI is InChI=1S/C16H21N3/c1-11-9-12-5-3-4-6-14(12)18-15(11)19-16(2,10-17)13-7-8-13/h3-6,9,13H,7-8,10,17H2,1-2H3,(H,18,19). The SMILES string of the molecule is Cc1cc2ccccc2nc1NC(C)(CN)C1CC1. The third kappa shape index (κ3) is 2.30. The first kappa shape index (κ1) is 12.4. The summed E-state index contributed by atoms with van der Waals surface area (Å²) in [6, 6.07) is 10.4. The summed E-state index contributed by atoms with van der Waals surface area (Å²) >= 11 is 0. The second kappa shape index (κ2) is 4.49. The van der Waals surface area contributed by atoms with Crippen molar-refractivity contribution in [1.82, 2.24) is 4.98 Å². The number of anilines is 1. The maximum atomic E-state index is 5.97. The van der Waals surface area contributed by atoms with Gasteiger partial charge in [-0.3, -0.25) is 0 Å². The van der Waals surface area contributed by atoms with Crippen LogP contribution in [0, 0.1) is 12.8 Å². The van der Waals surface area contributed by atoms with Crippen molar-refractivity contribution in [3.05, 3.63) is 35.9 Å². The van der Waals surface area contributed by atoms with E-state index in [2.05, 4.69) is 37.4 Å². The zero-order chi connectivity index (χ0) is 13.5. The van der Waals surface area contributed by atoms with Crippen LogP contribution in [0.1, 0.15) is 25.3 Å². The summed E-state index contributed by atoms with van der Waals surface area (Å²) in [5, 5.41) is 4.78. The average Bonchev–Trinajstić information content (AvgIpc) is 3.24. The van der Waals surface area contributed by atoms with Gasteiger partial charge in [0.25, 0.3) is 0 Å². The van der Waals surface area contributed by atoms with E-state index in [4.69, 9.17) is 10.7 Å². The van der Waals surface area contributed by atoms with E-state index in [1.165, 1.54) is 23.8 Å². The summed E-state index contributed by atoms with van der Waals surface area (Å²) in [5.74, 6) is 1.66. The molecule has 0 aliphatic heterocycles. The number of hydrogen-bond acceptors (Lipinski definition) is 3. The molecular formula is C16H21N3. The van der Waals surface area contributed by atoms with Crippen LogP contribution in [0.25, 0.3) is 10.9 Å². The highest BCUT2D eigenvalue weighted by atomic mass is 15.1. The van der Waals surface area contributed by atoms with Gasteiger partial charge in [0, 0.05) is 11.9 Å². The molecule has 3 nitrogen and oxygen atoms in total. The minimum absolute atomic E-state index is 0.0276. The first-order valence-electron chi connectivity index (χ1n) is 6.97. The topological polar surface area (TPSA) is 50.9 Å². The summed E-state index contributed by atoms with van der Waals surface area (Å²) in [4.78, 5) is 4.75. The first-order valence-corrected chi connectivity index (χ1v) is 6.97. The van der Waals surface area contributed by atoms with Crippen molar-refractivity contribution < 1.29 is 0 Å². The van der Waals surface area contributed by atoms with E-state index in [1.807, 2.05) is 12.1 Å².